The molecule has 0 fully saturated rings. The Kier molecular flexibility index (Phi) is 5.17. The predicted octanol–water partition coefficient (Wildman–Crippen LogP) is -0.641. The Morgan fingerprint density at radius 3 is 2.33 bits per heavy atom. The van der Waals surface area contributed by atoms with E-state index in [1.54, 1.807) is 0 Å². The molecular formula is C6H4BrNaS. The Morgan fingerprint density at radius 2 is 2.00 bits per heavy atom. The van der Waals surface area contributed by atoms with Gasteiger partial charge in [0.1, 0.15) is 0 Å². The smallest absolute Gasteiger partial charge is 0.780 e. The third kappa shape index (κ3) is 3.58. The first kappa shape index (κ1) is 9.92. The van der Waals surface area contributed by atoms with Gasteiger partial charge in [-0.2, -0.15) is 4.90 Å². The minimum Gasteiger partial charge on any atom is -0.780 e. The van der Waals surface area contributed by atoms with Crippen molar-refractivity contribution in [1.29, 1.82) is 0 Å². The normalized spacial score (nSPS) is 8.11. The molecule has 0 saturated heterocycles. The van der Waals surface area contributed by atoms with Crippen LogP contribution < -0.4 is 29.6 Å². The monoisotopic (exact) mass is 210 g/mol. The topological polar surface area (TPSA) is 0 Å². The van der Waals surface area contributed by atoms with E-state index in [2.05, 4.69) is 15.9 Å². The van der Waals surface area contributed by atoms with Crippen LogP contribution in [0.3, 0.4) is 0 Å². The first-order valence-electron chi connectivity index (χ1n) is 2.21. The Bertz CT molecular complexity index is 173. The summed E-state index contributed by atoms with van der Waals surface area (Å²) in [5, 5.41) is 0. The maximum atomic E-state index is 4.87. The molecule has 0 saturated carbocycles. The molecule has 0 aromatic heterocycles. The second kappa shape index (κ2) is 4.69. The van der Waals surface area contributed by atoms with Crippen LogP contribution in [-0.4, -0.2) is 0 Å². The van der Waals surface area contributed by atoms with Crippen LogP contribution in [-0.2, 0) is 12.6 Å². The summed E-state index contributed by atoms with van der Waals surface area (Å²) in [6, 6.07) is 7.66. The van der Waals surface area contributed by atoms with Gasteiger partial charge in [0.25, 0.3) is 0 Å². The van der Waals surface area contributed by atoms with Crippen LogP contribution in [0, 0.1) is 0 Å². The molecule has 0 heterocycles. The zero-order valence-electron chi connectivity index (χ0n) is 5.10. The average Bonchev–Trinajstić information content (AvgIpc) is 1.64. The third-order valence-corrected chi connectivity index (χ3v) is 1.54. The van der Waals surface area contributed by atoms with Crippen molar-refractivity contribution in [3.63, 3.8) is 0 Å². The van der Waals surface area contributed by atoms with Gasteiger partial charge in [-0.15, -0.1) is 0 Å². The number of halogens is 1. The molecule has 0 aliphatic rings. The van der Waals surface area contributed by atoms with Crippen molar-refractivity contribution in [2.24, 2.45) is 0 Å². The van der Waals surface area contributed by atoms with Crippen LogP contribution in [0.15, 0.2) is 33.6 Å². The molecule has 0 atom stereocenters. The molecule has 0 bridgehead atoms. The van der Waals surface area contributed by atoms with Gasteiger partial charge in [0.05, 0.1) is 0 Å². The molecule has 3 heteroatoms. The summed E-state index contributed by atoms with van der Waals surface area (Å²) in [6.07, 6.45) is 0. The fourth-order valence-electron chi connectivity index (χ4n) is 0.467. The van der Waals surface area contributed by atoms with Gasteiger partial charge in [-0.1, -0.05) is 34.1 Å². The summed E-state index contributed by atoms with van der Waals surface area (Å²) in [4.78, 5) is 0.874. The van der Waals surface area contributed by atoms with Crippen molar-refractivity contribution in [1.82, 2.24) is 0 Å². The molecular weight excluding hydrogens is 207 g/mol. The largest absolute Gasteiger partial charge is 1.00 e. The van der Waals surface area contributed by atoms with E-state index in [1.165, 1.54) is 0 Å². The van der Waals surface area contributed by atoms with E-state index in [1.807, 2.05) is 24.3 Å². The van der Waals surface area contributed by atoms with E-state index in [0.29, 0.717) is 0 Å². The van der Waals surface area contributed by atoms with Gasteiger partial charge in [-0.05, 0) is 6.07 Å². The minimum atomic E-state index is 0. The van der Waals surface area contributed by atoms with Crippen LogP contribution in [0.4, 0.5) is 0 Å². The van der Waals surface area contributed by atoms with E-state index in [4.69, 9.17) is 12.6 Å². The fourth-order valence-corrected chi connectivity index (χ4v) is 1.22. The van der Waals surface area contributed by atoms with E-state index in [-0.39, 0.29) is 29.6 Å². The standard InChI is InChI=1S/C6H5BrS.Na/c7-5-2-1-3-6(8)4-5;/h1-4,8H;/q;+1/p-1. The fraction of sp³-hybridized carbons (Fsp3) is 0. The molecule has 0 spiro atoms. The van der Waals surface area contributed by atoms with Crippen LogP contribution >= 0.6 is 15.9 Å². The van der Waals surface area contributed by atoms with Crippen molar-refractivity contribution in [3.05, 3.63) is 28.7 Å². The van der Waals surface area contributed by atoms with Gasteiger partial charge in [0, 0.05) is 4.47 Å². The SMILES string of the molecule is [Na+].[S-]c1cccc(Br)c1. The van der Waals surface area contributed by atoms with Crippen molar-refractivity contribution in [3.8, 4) is 0 Å². The number of benzene rings is 1. The summed E-state index contributed by atoms with van der Waals surface area (Å²) in [6.45, 7) is 0. The summed E-state index contributed by atoms with van der Waals surface area (Å²) >= 11 is 8.16. The first-order valence-corrected chi connectivity index (χ1v) is 3.42. The van der Waals surface area contributed by atoms with Gasteiger partial charge >= 0.3 is 29.6 Å². The second-order valence-corrected chi connectivity index (χ2v) is 2.84. The third-order valence-electron chi connectivity index (χ3n) is 0.796. The summed E-state index contributed by atoms with van der Waals surface area (Å²) in [5.74, 6) is 0. The summed E-state index contributed by atoms with van der Waals surface area (Å²) in [5.41, 5.74) is 0. The second-order valence-electron chi connectivity index (χ2n) is 1.46. The van der Waals surface area contributed by atoms with Gasteiger partial charge in [-0.3, -0.25) is 0 Å². The number of hydrogen-bond donors (Lipinski definition) is 0. The molecule has 0 aliphatic carbocycles. The minimum absolute atomic E-state index is 0. The Balaban J connectivity index is 0.000000640. The Labute approximate surface area is 90.9 Å². The molecule has 42 valence electrons. The number of rotatable bonds is 0. The van der Waals surface area contributed by atoms with Gasteiger partial charge in [-0.25, -0.2) is 0 Å². The first-order chi connectivity index (χ1) is 3.79. The van der Waals surface area contributed by atoms with E-state index >= 15 is 0 Å². The molecule has 0 nitrogen and oxygen atoms in total. The zero-order chi connectivity index (χ0) is 5.98. The molecule has 0 radical (unpaired) electrons. The Hall–Kier alpha value is 0.920. The molecule has 0 amide bonds. The zero-order valence-corrected chi connectivity index (χ0v) is 9.50. The van der Waals surface area contributed by atoms with E-state index in [0.717, 1.165) is 9.37 Å². The van der Waals surface area contributed by atoms with E-state index < -0.39 is 0 Å². The predicted molar refractivity (Wildman–Crippen MR) is 39.8 cm³/mol. The quantitative estimate of drug-likeness (QED) is 0.406. The average molecular weight is 211 g/mol. The van der Waals surface area contributed by atoms with Crippen LogP contribution in [0.1, 0.15) is 0 Å². The maximum Gasteiger partial charge on any atom is 1.00 e. The maximum absolute atomic E-state index is 4.87. The molecule has 1 aromatic rings. The molecule has 9 heavy (non-hydrogen) atoms. The molecule has 0 aliphatic heterocycles. The van der Waals surface area contributed by atoms with Crippen LogP contribution in [0.25, 0.3) is 0 Å². The van der Waals surface area contributed by atoms with Gasteiger partial charge in [0.2, 0.25) is 0 Å². The summed E-state index contributed by atoms with van der Waals surface area (Å²) in [7, 11) is 0. The molecule has 0 unspecified atom stereocenters. The van der Waals surface area contributed by atoms with Crippen molar-refractivity contribution >= 4 is 28.6 Å². The van der Waals surface area contributed by atoms with Crippen molar-refractivity contribution < 1.29 is 29.6 Å². The molecule has 0 N–H and O–H groups in total. The van der Waals surface area contributed by atoms with Crippen LogP contribution in [0.5, 0.6) is 0 Å². The Morgan fingerprint density at radius 1 is 1.33 bits per heavy atom. The van der Waals surface area contributed by atoms with E-state index in [9.17, 15) is 0 Å². The molecule has 1 aromatic carbocycles. The number of hydrogen-bond acceptors (Lipinski definition) is 1. The van der Waals surface area contributed by atoms with Gasteiger partial charge < -0.3 is 12.6 Å². The molecule has 1 rings (SSSR count). The summed E-state index contributed by atoms with van der Waals surface area (Å²) < 4.78 is 1.05. The van der Waals surface area contributed by atoms with Crippen molar-refractivity contribution in [2.45, 2.75) is 4.90 Å². The van der Waals surface area contributed by atoms with Gasteiger partial charge in [0.15, 0.2) is 0 Å². The van der Waals surface area contributed by atoms with Crippen molar-refractivity contribution in [2.75, 3.05) is 0 Å². The van der Waals surface area contributed by atoms with Crippen LogP contribution in [0.2, 0.25) is 0 Å².